The minimum absolute atomic E-state index is 0.0521. The number of pyridine rings is 1. The van der Waals surface area contributed by atoms with E-state index in [1.165, 1.54) is 6.42 Å². The highest BCUT2D eigenvalue weighted by Crippen LogP contribution is 2.59. The van der Waals surface area contributed by atoms with E-state index in [9.17, 15) is 19.5 Å². The number of quaternary nitrogens is 1. The Hall–Kier alpha value is -2.52. The van der Waals surface area contributed by atoms with Crippen molar-refractivity contribution >= 4 is 23.6 Å². The Kier molecular flexibility index (Phi) is 6.96. The lowest BCUT2D eigenvalue weighted by molar-refractivity contribution is -0.900. The second-order valence-electron chi connectivity index (χ2n) is 10.6. The second-order valence-corrected chi connectivity index (χ2v) is 10.6. The van der Waals surface area contributed by atoms with Gasteiger partial charge in [-0.3, -0.25) is 14.9 Å². The van der Waals surface area contributed by atoms with E-state index >= 15 is 0 Å². The number of fused-ring (bicyclic) bond motifs is 1. The van der Waals surface area contributed by atoms with Crippen LogP contribution in [0.15, 0.2) is 12.1 Å². The molecule has 1 saturated heterocycles. The SMILES string of the molecule is Cc1nc(N)ccc1C[N+]1(C(=O)[C@@H](CC2CCCCC2)NCC(=O)O)CCC[C@@H]2C[C@@]21C(N)=O. The summed E-state index contributed by atoms with van der Waals surface area (Å²) in [6.45, 7) is 2.39. The van der Waals surface area contributed by atoms with Crippen molar-refractivity contribution in [2.24, 2.45) is 17.6 Å². The van der Waals surface area contributed by atoms with Crippen molar-refractivity contribution in [3.05, 3.63) is 23.4 Å². The van der Waals surface area contributed by atoms with Gasteiger partial charge in [0.1, 0.15) is 18.4 Å². The van der Waals surface area contributed by atoms with Gasteiger partial charge in [0.25, 0.3) is 5.91 Å². The van der Waals surface area contributed by atoms with Crippen LogP contribution >= 0.6 is 0 Å². The Labute approximate surface area is 200 Å². The zero-order valence-corrected chi connectivity index (χ0v) is 20.1. The molecule has 1 aliphatic heterocycles. The maximum absolute atomic E-state index is 14.5. The summed E-state index contributed by atoms with van der Waals surface area (Å²) in [4.78, 5) is 43.2. The van der Waals surface area contributed by atoms with Crippen LogP contribution in [0.3, 0.4) is 0 Å². The van der Waals surface area contributed by atoms with Crippen molar-refractivity contribution in [1.29, 1.82) is 0 Å². The van der Waals surface area contributed by atoms with Crippen LogP contribution in [-0.2, 0) is 20.9 Å². The van der Waals surface area contributed by atoms with E-state index < -0.39 is 23.5 Å². The number of aliphatic carboxylic acids is 1. The molecule has 4 rings (SSSR count). The van der Waals surface area contributed by atoms with Gasteiger partial charge in [-0.1, -0.05) is 32.1 Å². The average molecular weight is 473 g/mol. The second kappa shape index (κ2) is 9.62. The predicted octanol–water partition coefficient (Wildman–Crippen LogP) is 1.87. The molecule has 4 atom stereocenters. The number of rotatable bonds is 9. The standard InChI is InChI=1S/C25H37N5O4/c1-16-18(9-10-21(26)29-16)15-30(11-5-8-19-13-25(19,30)24(27)34)23(33)20(28-14-22(31)32)12-17-6-3-2-4-7-17/h9-10,17,19-20,28H,2-8,11-15H2,1H3,(H4-,26,27,29,31,32,34)/p+1/t19-,20-,25+,30?/m1/s1. The van der Waals surface area contributed by atoms with Gasteiger partial charge in [0.05, 0.1) is 13.1 Å². The average Bonchev–Trinajstić information content (AvgIpc) is 3.56. The number of likely N-dealkylation sites (tertiary alicyclic amines) is 1. The van der Waals surface area contributed by atoms with Crippen molar-refractivity contribution in [1.82, 2.24) is 10.3 Å². The fraction of sp³-hybridized carbons (Fsp3) is 0.680. The number of hydrogen-bond donors (Lipinski definition) is 4. The van der Waals surface area contributed by atoms with Gasteiger partial charge in [-0.05, 0) is 44.2 Å². The number of aryl methyl sites for hydroxylation is 1. The third-order valence-corrected chi connectivity index (χ3v) is 8.53. The van der Waals surface area contributed by atoms with Gasteiger partial charge in [0.15, 0.2) is 5.54 Å². The molecule has 9 heteroatoms. The Bertz CT molecular complexity index is 963. The lowest BCUT2D eigenvalue weighted by Crippen LogP contribution is -2.71. The van der Waals surface area contributed by atoms with Gasteiger partial charge in [-0.25, -0.2) is 14.3 Å². The molecular formula is C25H38N5O4+. The smallest absolute Gasteiger partial charge is 0.331 e. The van der Waals surface area contributed by atoms with Crippen LogP contribution in [-0.4, -0.2) is 57.0 Å². The van der Waals surface area contributed by atoms with E-state index in [0.29, 0.717) is 37.7 Å². The van der Waals surface area contributed by atoms with Crippen LogP contribution in [0.25, 0.3) is 0 Å². The molecule has 1 aromatic heterocycles. The van der Waals surface area contributed by atoms with Gasteiger partial charge < -0.3 is 16.6 Å². The number of piperidine rings is 1. The Morgan fingerprint density at radius 2 is 1.94 bits per heavy atom. The summed E-state index contributed by atoms with van der Waals surface area (Å²) < 4.78 is -0.0521. The van der Waals surface area contributed by atoms with Crippen molar-refractivity contribution < 1.29 is 24.0 Å². The topological polar surface area (TPSA) is 148 Å². The highest BCUT2D eigenvalue weighted by molar-refractivity contribution is 5.91. The van der Waals surface area contributed by atoms with E-state index in [1.807, 2.05) is 13.0 Å². The fourth-order valence-corrected chi connectivity index (χ4v) is 6.71. The van der Waals surface area contributed by atoms with Crippen LogP contribution in [0.5, 0.6) is 0 Å². The first-order valence-corrected chi connectivity index (χ1v) is 12.6. The number of amides is 2. The van der Waals surface area contributed by atoms with Crippen LogP contribution in [0.2, 0.25) is 0 Å². The molecule has 2 aliphatic carbocycles. The molecule has 34 heavy (non-hydrogen) atoms. The molecule has 9 nitrogen and oxygen atoms in total. The Morgan fingerprint density at radius 3 is 2.59 bits per heavy atom. The molecule has 2 saturated carbocycles. The molecule has 2 heterocycles. The molecule has 0 aromatic carbocycles. The van der Waals surface area contributed by atoms with E-state index in [1.54, 1.807) is 6.07 Å². The first-order chi connectivity index (χ1) is 16.2. The predicted molar refractivity (Wildman–Crippen MR) is 127 cm³/mol. The lowest BCUT2D eigenvalue weighted by atomic mass is 9.83. The maximum Gasteiger partial charge on any atom is 0.331 e. The Balaban J connectivity index is 1.73. The molecule has 0 radical (unpaired) electrons. The lowest BCUT2D eigenvalue weighted by Gasteiger charge is -2.46. The highest BCUT2D eigenvalue weighted by atomic mass is 16.4. The summed E-state index contributed by atoms with van der Waals surface area (Å²) in [6, 6.07) is 2.96. The molecule has 1 unspecified atom stereocenters. The van der Waals surface area contributed by atoms with Crippen LogP contribution < -0.4 is 16.8 Å². The number of carboxylic acids is 1. The zero-order valence-electron chi connectivity index (χ0n) is 20.1. The summed E-state index contributed by atoms with van der Waals surface area (Å²) in [5.74, 6) is -0.678. The molecule has 0 bridgehead atoms. The van der Waals surface area contributed by atoms with Gasteiger partial charge in [0.2, 0.25) is 0 Å². The summed E-state index contributed by atoms with van der Waals surface area (Å²) in [6.07, 6.45) is 8.45. The molecule has 2 amide bonds. The van der Waals surface area contributed by atoms with E-state index in [4.69, 9.17) is 11.5 Å². The number of carbonyl (C=O) groups excluding carboxylic acids is 2. The maximum atomic E-state index is 14.5. The van der Waals surface area contributed by atoms with E-state index in [-0.39, 0.29) is 22.9 Å². The van der Waals surface area contributed by atoms with Crippen molar-refractivity contribution in [2.45, 2.75) is 82.8 Å². The highest BCUT2D eigenvalue weighted by Gasteiger charge is 2.76. The van der Waals surface area contributed by atoms with Gasteiger partial charge in [-0.15, -0.1) is 0 Å². The van der Waals surface area contributed by atoms with Crippen molar-refractivity contribution in [3.8, 4) is 0 Å². The third kappa shape index (κ3) is 4.43. The van der Waals surface area contributed by atoms with Gasteiger partial charge >= 0.3 is 11.9 Å². The van der Waals surface area contributed by atoms with Gasteiger partial charge in [-0.2, -0.15) is 0 Å². The normalized spacial score (nSPS) is 29.7. The fourth-order valence-electron chi connectivity index (χ4n) is 6.71. The van der Waals surface area contributed by atoms with Crippen molar-refractivity contribution in [3.63, 3.8) is 0 Å². The number of anilines is 1. The largest absolute Gasteiger partial charge is 0.480 e. The monoisotopic (exact) mass is 472 g/mol. The van der Waals surface area contributed by atoms with Crippen LogP contribution in [0.1, 0.15) is 69.0 Å². The summed E-state index contributed by atoms with van der Waals surface area (Å²) in [7, 11) is 0. The number of aromatic nitrogens is 1. The first kappa shape index (κ1) is 24.6. The summed E-state index contributed by atoms with van der Waals surface area (Å²) in [5, 5.41) is 12.4. The molecule has 3 fully saturated rings. The number of nitrogens with zero attached hydrogens (tertiary/aromatic N) is 2. The van der Waals surface area contributed by atoms with E-state index in [0.717, 1.165) is 49.8 Å². The molecule has 3 aliphatic rings. The molecule has 1 aromatic rings. The molecule has 6 N–H and O–H groups in total. The zero-order chi connectivity index (χ0) is 24.5. The minimum Gasteiger partial charge on any atom is -0.480 e. The quantitative estimate of drug-likeness (QED) is 0.401. The number of nitrogen functional groups attached to an aromatic ring is 1. The number of carboxylic acid groups (broad SMARTS) is 1. The number of nitrogens with two attached hydrogens (primary N) is 2. The van der Waals surface area contributed by atoms with Crippen LogP contribution in [0, 0.1) is 18.8 Å². The number of primary amides is 1. The summed E-state index contributed by atoms with van der Waals surface area (Å²) >= 11 is 0. The molecule has 0 spiro atoms. The minimum atomic E-state index is -1.00. The van der Waals surface area contributed by atoms with Crippen LogP contribution in [0.4, 0.5) is 5.82 Å². The molecule has 186 valence electrons. The first-order valence-electron chi connectivity index (χ1n) is 12.6. The molecular weight excluding hydrogens is 434 g/mol. The van der Waals surface area contributed by atoms with Gasteiger partial charge in [0, 0.05) is 23.6 Å². The van der Waals surface area contributed by atoms with Crippen molar-refractivity contribution in [2.75, 3.05) is 18.8 Å². The Morgan fingerprint density at radius 1 is 1.21 bits per heavy atom. The summed E-state index contributed by atoms with van der Waals surface area (Å²) in [5.41, 5.74) is 12.5. The number of hydrogen-bond acceptors (Lipinski definition) is 6. The number of carbonyl (C=O) groups is 3. The van der Waals surface area contributed by atoms with E-state index in [2.05, 4.69) is 10.3 Å². The third-order valence-electron chi connectivity index (χ3n) is 8.53. The number of nitrogens with one attached hydrogen (secondary N) is 1.